The first-order valence-corrected chi connectivity index (χ1v) is 12.4. The van der Waals surface area contributed by atoms with Gasteiger partial charge in [-0.15, -0.1) is 0 Å². The van der Waals surface area contributed by atoms with E-state index in [0.29, 0.717) is 40.8 Å². The van der Waals surface area contributed by atoms with E-state index in [-0.39, 0.29) is 5.56 Å². The average Bonchev–Trinajstić information content (AvgIpc) is 2.85. The van der Waals surface area contributed by atoms with Gasteiger partial charge in [0.1, 0.15) is 11.6 Å². The number of ether oxygens (including phenoxy) is 1. The number of unbranched alkanes of at least 4 members (excludes halogenated alkanes) is 3. The Balaban J connectivity index is 1.37. The average molecular weight is 475 g/mol. The van der Waals surface area contributed by atoms with Crippen molar-refractivity contribution in [2.75, 3.05) is 6.61 Å². The zero-order chi connectivity index (χ0) is 23.9. The third-order valence-electron chi connectivity index (χ3n) is 6.03. The highest BCUT2D eigenvalue weighted by Gasteiger charge is 2.12. The molecule has 0 aliphatic rings. The number of hydrogen-bond acceptors (Lipinski definition) is 3. The lowest BCUT2D eigenvalue weighted by atomic mass is 10.0. The molecule has 0 spiro atoms. The van der Waals surface area contributed by atoms with Crippen LogP contribution in [0.1, 0.15) is 51.0 Å². The van der Waals surface area contributed by atoms with Crippen LogP contribution < -0.4 is 10.3 Å². The van der Waals surface area contributed by atoms with Crippen LogP contribution in [0.2, 0.25) is 5.02 Å². The maximum atomic E-state index is 13.3. The number of hydrogen-bond donors (Lipinski definition) is 0. The van der Waals surface area contributed by atoms with Crippen LogP contribution in [0.4, 0.5) is 0 Å². The number of para-hydroxylation sites is 1. The molecule has 1 aromatic heterocycles. The molecule has 0 amide bonds. The molecule has 3 aromatic carbocycles. The molecule has 4 rings (SSSR count). The van der Waals surface area contributed by atoms with Gasteiger partial charge in [-0.05, 0) is 72.9 Å². The first-order chi connectivity index (χ1) is 16.5. The fraction of sp³-hybridized carbons (Fsp3) is 0.310. The zero-order valence-electron chi connectivity index (χ0n) is 19.8. The Morgan fingerprint density at radius 3 is 2.47 bits per heavy atom. The van der Waals surface area contributed by atoms with Gasteiger partial charge in [-0.1, -0.05) is 62.6 Å². The molecule has 0 aliphatic carbocycles. The summed E-state index contributed by atoms with van der Waals surface area (Å²) < 4.78 is 7.74. The fourth-order valence-electron chi connectivity index (χ4n) is 4.07. The largest absolute Gasteiger partial charge is 0.494 e. The second-order valence-corrected chi connectivity index (χ2v) is 9.34. The predicted molar refractivity (Wildman–Crippen MR) is 141 cm³/mol. The van der Waals surface area contributed by atoms with Gasteiger partial charge in [0.2, 0.25) is 0 Å². The highest BCUT2D eigenvalue weighted by molar-refractivity contribution is 6.30. The van der Waals surface area contributed by atoms with Crippen LogP contribution in [0.15, 0.2) is 77.6 Å². The molecule has 34 heavy (non-hydrogen) atoms. The second-order valence-electron chi connectivity index (χ2n) is 8.91. The van der Waals surface area contributed by atoms with Crippen molar-refractivity contribution < 1.29 is 4.74 Å². The monoisotopic (exact) mass is 474 g/mol. The van der Waals surface area contributed by atoms with Crippen molar-refractivity contribution in [1.82, 2.24) is 9.55 Å². The van der Waals surface area contributed by atoms with E-state index in [1.54, 1.807) is 4.57 Å². The Hall–Kier alpha value is -3.11. The molecule has 0 atom stereocenters. The number of rotatable bonds is 10. The summed E-state index contributed by atoms with van der Waals surface area (Å²) in [6.07, 6.45) is 3.97. The van der Waals surface area contributed by atoms with Crippen molar-refractivity contribution in [1.29, 1.82) is 0 Å². The molecule has 1 heterocycles. The molecule has 4 nitrogen and oxygen atoms in total. The van der Waals surface area contributed by atoms with Gasteiger partial charge in [-0.2, -0.15) is 0 Å². The van der Waals surface area contributed by atoms with Crippen molar-refractivity contribution in [2.45, 2.75) is 52.0 Å². The van der Waals surface area contributed by atoms with Gasteiger partial charge in [0, 0.05) is 17.1 Å². The van der Waals surface area contributed by atoms with Gasteiger partial charge in [-0.25, -0.2) is 4.98 Å². The summed E-state index contributed by atoms with van der Waals surface area (Å²) in [6.45, 7) is 5.71. The minimum absolute atomic E-state index is 0.00363. The zero-order valence-corrected chi connectivity index (χ0v) is 20.6. The van der Waals surface area contributed by atoms with E-state index in [1.165, 1.54) is 5.56 Å². The molecule has 4 aromatic rings. The van der Waals surface area contributed by atoms with E-state index >= 15 is 0 Å². The molecule has 0 fully saturated rings. The molecule has 176 valence electrons. The number of halogens is 1. The van der Waals surface area contributed by atoms with E-state index in [4.69, 9.17) is 21.3 Å². The summed E-state index contributed by atoms with van der Waals surface area (Å²) in [5.41, 5.74) is 2.91. The fourth-order valence-corrected chi connectivity index (χ4v) is 4.20. The Bertz CT molecular complexity index is 1300. The lowest BCUT2D eigenvalue weighted by molar-refractivity contribution is 0.303. The van der Waals surface area contributed by atoms with Crippen molar-refractivity contribution in [2.24, 2.45) is 0 Å². The molecule has 0 saturated heterocycles. The molecular formula is C29H31ClN2O2. The standard InChI is InChI=1S/C29H31ClN2O2/c1-21(2)23-10-9-11-25(20-23)34-19-8-4-3-7-18-32-28(22-14-16-24(30)17-15-22)31-27-13-6-5-12-26(27)29(32)33/h5-6,9-17,20-21H,3-4,7-8,18-19H2,1-2H3. The molecule has 0 aliphatic heterocycles. The van der Waals surface area contributed by atoms with Crippen LogP contribution in [0, 0.1) is 0 Å². The summed E-state index contributed by atoms with van der Waals surface area (Å²) in [5, 5.41) is 1.31. The first kappa shape index (κ1) is 24.0. The van der Waals surface area contributed by atoms with E-state index in [9.17, 15) is 4.79 Å². The van der Waals surface area contributed by atoms with Crippen molar-refractivity contribution in [3.8, 4) is 17.1 Å². The van der Waals surface area contributed by atoms with Crippen LogP contribution in [-0.2, 0) is 6.54 Å². The van der Waals surface area contributed by atoms with E-state index in [1.807, 2.05) is 54.6 Å². The van der Waals surface area contributed by atoms with E-state index in [2.05, 4.69) is 32.0 Å². The first-order valence-electron chi connectivity index (χ1n) is 12.0. The van der Waals surface area contributed by atoms with Crippen LogP contribution in [0.25, 0.3) is 22.3 Å². The molecule has 0 radical (unpaired) electrons. The molecule has 0 bridgehead atoms. The molecule has 5 heteroatoms. The van der Waals surface area contributed by atoms with Gasteiger partial charge in [0.05, 0.1) is 17.5 Å². The number of nitrogens with zero attached hydrogens (tertiary/aromatic N) is 2. The van der Waals surface area contributed by atoms with Gasteiger partial charge in [-0.3, -0.25) is 9.36 Å². The molecule has 0 unspecified atom stereocenters. The summed E-state index contributed by atoms with van der Waals surface area (Å²) >= 11 is 6.07. The van der Waals surface area contributed by atoms with Crippen molar-refractivity contribution in [3.63, 3.8) is 0 Å². The highest BCUT2D eigenvalue weighted by atomic mass is 35.5. The highest BCUT2D eigenvalue weighted by Crippen LogP contribution is 2.22. The van der Waals surface area contributed by atoms with Crippen LogP contribution in [0.5, 0.6) is 5.75 Å². The van der Waals surface area contributed by atoms with Gasteiger partial charge in [0.25, 0.3) is 5.56 Å². The van der Waals surface area contributed by atoms with Crippen molar-refractivity contribution >= 4 is 22.5 Å². The van der Waals surface area contributed by atoms with E-state index < -0.39 is 0 Å². The Labute approximate surface area is 206 Å². The Morgan fingerprint density at radius 1 is 0.912 bits per heavy atom. The molecular weight excluding hydrogens is 444 g/mol. The second kappa shape index (κ2) is 11.3. The van der Waals surface area contributed by atoms with Gasteiger partial charge >= 0.3 is 0 Å². The quantitative estimate of drug-likeness (QED) is 0.224. The maximum Gasteiger partial charge on any atom is 0.261 e. The third-order valence-corrected chi connectivity index (χ3v) is 6.29. The normalized spacial score (nSPS) is 11.3. The van der Waals surface area contributed by atoms with Crippen LogP contribution in [0.3, 0.4) is 0 Å². The SMILES string of the molecule is CC(C)c1cccc(OCCCCCCn2c(-c3ccc(Cl)cc3)nc3ccccc3c2=O)c1. The Morgan fingerprint density at radius 2 is 1.68 bits per heavy atom. The molecule has 0 N–H and O–H groups in total. The summed E-state index contributed by atoms with van der Waals surface area (Å²) in [4.78, 5) is 18.1. The topological polar surface area (TPSA) is 44.1 Å². The minimum atomic E-state index is 0.00363. The Kier molecular flexibility index (Phi) is 8.02. The number of fused-ring (bicyclic) bond motifs is 1. The summed E-state index contributed by atoms with van der Waals surface area (Å²) in [6, 6.07) is 23.4. The summed E-state index contributed by atoms with van der Waals surface area (Å²) in [7, 11) is 0. The number of aromatic nitrogens is 2. The maximum absolute atomic E-state index is 13.3. The van der Waals surface area contributed by atoms with Crippen molar-refractivity contribution in [3.05, 3.63) is 93.7 Å². The molecule has 0 saturated carbocycles. The van der Waals surface area contributed by atoms with Crippen LogP contribution in [-0.4, -0.2) is 16.2 Å². The number of benzene rings is 3. The van der Waals surface area contributed by atoms with Crippen LogP contribution >= 0.6 is 11.6 Å². The van der Waals surface area contributed by atoms with Gasteiger partial charge < -0.3 is 4.74 Å². The van der Waals surface area contributed by atoms with Gasteiger partial charge in [0.15, 0.2) is 0 Å². The smallest absolute Gasteiger partial charge is 0.261 e. The summed E-state index contributed by atoms with van der Waals surface area (Å²) in [5.74, 6) is 2.12. The van der Waals surface area contributed by atoms with E-state index in [0.717, 1.165) is 37.0 Å². The lowest BCUT2D eigenvalue weighted by Crippen LogP contribution is -2.23. The third kappa shape index (κ3) is 5.87. The minimum Gasteiger partial charge on any atom is -0.494 e. The lowest BCUT2D eigenvalue weighted by Gasteiger charge is -2.14. The predicted octanol–water partition coefficient (Wildman–Crippen LogP) is 7.48.